The van der Waals surface area contributed by atoms with Crippen LogP contribution in [0.15, 0.2) is 18.2 Å². The molecule has 1 aromatic carbocycles. The minimum absolute atomic E-state index is 0.396. The summed E-state index contributed by atoms with van der Waals surface area (Å²) in [6.45, 7) is 5.08. The molecule has 2 saturated heterocycles. The molecule has 0 spiro atoms. The maximum atomic E-state index is 6.03. The summed E-state index contributed by atoms with van der Waals surface area (Å²) in [6.07, 6.45) is 0.396. The summed E-state index contributed by atoms with van der Waals surface area (Å²) in [5, 5.41) is 0. The van der Waals surface area contributed by atoms with Gasteiger partial charge in [0.25, 0.3) is 0 Å². The fourth-order valence-corrected chi connectivity index (χ4v) is 3.88. The molecule has 0 N–H and O–H groups in total. The summed E-state index contributed by atoms with van der Waals surface area (Å²) < 4.78 is 16.8. The fourth-order valence-electron chi connectivity index (χ4n) is 3.88. The van der Waals surface area contributed by atoms with Gasteiger partial charge in [-0.25, -0.2) is 0 Å². The first-order valence-corrected chi connectivity index (χ1v) is 8.29. The molecule has 0 aliphatic carbocycles. The van der Waals surface area contributed by atoms with Crippen LogP contribution in [0.2, 0.25) is 0 Å². The van der Waals surface area contributed by atoms with E-state index in [0.717, 1.165) is 44.3 Å². The third-order valence-corrected chi connectivity index (χ3v) is 4.93. The van der Waals surface area contributed by atoms with E-state index in [9.17, 15) is 0 Å². The highest BCUT2D eigenvalue weighted by atomic mass is 16.5. The summed E-state index contributed by atoms with van der Waals surface area (Å²) in [6, 6.07) is 6.10. The van der Waals surface area contributed by atoms with Crippen LogP contribution >= 0.6 is 0 Å². The lowest BCUT2D eigenvalue weighted by molar-refractivity contribution is 0.0921. The highest BCUT2D eigenvalue weighted by Gasteiger charge is 2.43. The van der Waals surface area contributed by atoms with Crippen molar-refractivity contribution < 1.29 is 14.2 Å². The molecule has 5 heteroatoms. The van der Waals surface area contributed by atoms with Crippen molar-refractivity contribution in [2.24, 2.45) is 11.8 Å². The fraction of sp³-hybridized carbons (Fsp3) is 0.667. The van der Waals surface area contributed by atoms with Crippen LogP contribution in [0, 0.1) is 11.8 Å². The normalized spacial score (nSPS) is 27.4. The van der Waals surface area contributed by atoms with Gasteiger partial charge in [0, 0.05) is 44.1 Å². The van der Waals surface area contributed by atoms with E-state index in [4.69, 9.17) is 14.2 Å². The number of hydrogen-bond donors (Lipinski definition) is 0. The second-order valence-corrected chi connectivity index (χ2v) is 6.97. The summed E-state index contributed by atoms with van der Waals surface area (Å²) in [4.78, 5) is 4.76. The van der Waals surface area contributed by atoms with Gasteiger partial charge >= 0.3 is 0 Å². The van der Waals surface area contributed by atoms with Crippen LogP contribution in [0.3, 0.4) is 0 Å². The Morgan fingerprint density at radius 2 is 1.83 bits per heavy atom. The summed E-state index contributed by atoms with van der Waals surface area (Å²) in [5.74, 6) is 3.01. The van der Waals surface area contributed by atoms with Gasteiger partial charge in [0.05, 0.1) is 26.9 Å². The lowest BCUT2D eigenvalue weighted by Gasteiger charge is -2.22. The zero-order chi connectivity index (χ0) is 16.4. The molecule has 2 fully saturated rings. The molecule has 0 aromatic heterocycles. The largest absolute Gasteiger partial charge is 0.497 e. The number of methoxy groups -OCH3 is 2. The zero-order valence-electron chi connectivity index (χ0n) is 14.6. The number of hydrogen-bond acceptors (Lipinski definition) is 5. The summed E-state index contributed by atoms with van der Waals surface area (Å²) in [7, 11) is 7.67. The van der Waals surface area contributed by atoms with E-state index in [2.05, 4.69) is 36.0 Å². The molecule has 0 unspecified atom stereocenters. The van der Waals surface area contributed by atoms with Gasteiger partial charge in [-0.1, -0.05) is 0 Å². The first-order valence-electron chi connectivity index (χ1n) is 8.29. The Labute approximate surface area is 139 Å². The van der Waals surface area contributed by atoms with E-state index in [0.29, 0.717) is 17.9 Å². The van der Waals surface area contributed by atoms with Crippen molar-refractivity contribution in [1.82, 2.24) is 9.80 Å². The van der Waals surface area contributed by atoms with Crippen LogP contribution < -0.4 is 9.47 Å². The van der Waals surface area contributed by atoms with E-state index in [1.165, 1.54) is 5.56 Å². The number of benzene rings is 1. The second kappa shape index (κ2) is 7.07. The van der Waals surface area contributed by atoms with Crippen molar-refractivity contribution in [3.63, 3.8) is 0 Å². The van der Waals surface area contributed by atoms with E-state index in [1.807, 2.05) is 6.07 Å². The molecule has 1 aromatic rings. The van der Waals surface area contributed by atoms with Gasteiger partial charge in [-0.3, -0.25) is 4.90 Å². The van der Waals surface area contributed by atoms with Crippen molar-refractivity contribution in [3.05, 3.63) is 23.8 Å². The van der Waals surface area contributed by atoms with Crippen LogP contribution in [0.1, 0.15) is 5.56 Å². The van der Waals surface area contributed by atoms with Gasteiger partial charge in [-0.05, 0) is 31.8 Å². The van der Waals surface area contributed by atoms with Crippen molar-refractivity contribution in [2.45, 2.75) is 12.6 Å². The van der Waals surface area contributed by atoms with Crippen LogP contribution in [0.5, 0.6) is 11.5 Å². The van der Waals surface area contributed by atoms with Crippen molar-refractivity contribution in [2.75, 3.05) is 54.6 Å². The van der Waals surface area contributed by atoms with Gasteiger partial charge in [-0.15, -0.1) is 0 Å². The average Bonchev–Trinajstić information content (AvgIpc) is 3.08. The molecule has 0 bridgehead atoms. The third-order valence-electron chi connectivity index (χ3n) is 4.93. The molecule has 3 atom stereocenters. The quantitative estimate of drug-likeness (QED) is 0.797. The first-order chi connectivity index (χ1) is 11.1. The lowest BCUT2D eigenvalue weighted by Crippen LogP contribution is -2.30. The molecule has 128 valence electrons. The Hall–Kier alpha value is -1.30. The Bertz CT molecular complexity index is 513. The zero-order valence-corrected chi connectivity index (χ0v) is 14.6. The molecular weight excluding hydrogens is 292 g/mol. The van der Waals surface area contributed by atoms with E-state index in [1.54, 1.807) is 14.2 Å². The Morgan fingerprint density at radius 1 is 1.13 bits per heavy atom. The molecular formula is C18H28N2O3. The number of ether oxygens (including phenoxy) is 3. The first kappa shape index (κ1) is 16.6. The standard InChI is InChI=1S/C18H28N2O3/c1-19(2)9-14-12-23-18-11-20(10-17(14)18)8-13-5-15(21-3)7-16(6-13)22-4/h5-7,14,17-18H,8-12H2,1-4H3/t14-,17+,18+/m1/s1. The predicted octanol–water partition coefficient (Wildman–Crippen LogP) is 1.71. The SMILES string of the molecule is COc1cc(CN2C[C@H]3[C@H](CN(C)C)CO[C@H]3C2)cc(OC)c1. The van der Waals surface area contributed by atoms with Gasteiger partial charge < -0.3 is 19.1 Å². The van der Waals surface area contributed by atoms with E-state index >= 15 is 0 Å². The maximum Gasteiger partial charge on any atom is 0.122 e. The van der Waals surface area contributed by atoms with E-state index in [-0.39, 0.29) is 0 Å². The van der Waals surface area contributed by atoms with Crippen molar-refractivity contribution in [3.8, 4) is 11.5 Å². The topological polar surface area (TPSA) is 34.2 Å². The van der Waals surface area contributed by atoms with Crippen molar-refractivity contribution >= 4 is 0 Å². The molecule has 23 heavy (non-hydrogen) atoms. The molecule has 3 rings (SSSR count). The molecule has 2 aliphatic rings. The van der Waals surface area contributed by atoms with Gasteiger partial charge in [-0.2, -0.15) is 0 Å². The average molecular weight is 320 g/mol. The van der Waals surface area contributed by atoms with Crippen LogP contribution in [0.4, 0.5) is 0 Å². The number of nitrogens with zero attached hydrogens (tertiary/aromatic N) is 2. The number of rotatable bonds is 6. The smallest absolute Gasteiger partial charge is 0.122 e. The Morgan fingerprint density at radius 3 is 2.43 bits per heavy atom. The molecule has 5 nitrogen and oxygen atoms in total. The lowest BCUT2D eigenvalue weighted by atomic mass is 9.93. The Kier molecular flexibility index (Phi) is 5.09. The Balaban J connectivity index is 1.64. The monoisotopic (exact) mass is 320 g/mol. The van der Waals surface area contributed by atoms with Crippen LogP contribution in [0.25, 0.3) is 0 Å². The van der Waals surface area contributed by atoms with Gasteiger partial charge in [0.1, 0.15) is 11.5 Å². The molecule has 2 aliphatic heterocycles. The number of fused-ring (bicyclic) bond motifs is 1. The molecule has 0 amide bonds. The van der Waals surface area contributed by atoms with E-state index < -0.39 is 0 Å². The highest BCUT2D eigenvalue weighted by molar-refractivity contribution is 5.38. The highest BCUT2D eigenvalue weighted by Crippen LogP contribution is 2.35. The van der Waals surface area contributed by atoms with Crippen molar-refractivity contribution in [1.29, 1.82) is 0 Å². The molecule has 0 saturated carbocycles. The number of likely N-dealkylation sites (tertiary alicyclic amines) is 1. The minimum atomic E-state index is 0.396. The van der Waals surface area contributed by atoms with Gasteiger partial charge in [0.2, 0.25) is 0 Å². The van der Waals surface area contributed by atoms with Crippen LogP contribution in [-0.2, 0) is 11.3 Å². The van der Waals surface area contributed by atoms with Gasteiger partial charge in [0.15, 0.2) is 0 Å². The molecule has 0 radical (unpaired) electrons. The third kappa shape index (κ3) is 3.79. The maximum absolute atomic E-state index is 6.03. The second-order valence-electron chi connectivity index (χ2n) is 6.97. The minimum Gasteiger partial charge on any atom is -0.497 e. The predicted molar refractivity (Wildman–Crippen MR) is 90.1 cm³/mol. The summed E-state index contributed by atoms with van der Waals surface area (Å²) in [5.41, 5.74) is 1.23. The van der Waals surface area contributed by atoms with Crippen LogP contribution in [-0.4, -0.2) is 70.5 Å². The molecule has 2 heterocycles. The summed E-state index contributed by atoms with van der Waals surface area (Å²) >= 11 is 0.